The van der Waals surface area contributed by atoms with Gasteiger partial charge in [-0.1, -0.05) is 41.9 Å². The van der Waals surface area contributed by atoms with Crippen LogP contribution in [0.3, 0.4) is 0 Å². The molecule has 0 heterocycles. The van der Waals surface area contributed by atoms with Crippen molar-refractivity contribution >= 4 is 23.3 Å². The van der Waals surface area contributed by atoms with Crippen LogP contribution >= 0.6 is 11.6 Å². The number of para-hydroxylation sites is 2. The summed E-state index contributed by atoms with van der Waals surface area (Å²) in [5.74, 6) is 0.621. The molecule has 110 valence electrons. The molecular formula is C16H17ClN2O2. The van der Waals surface area contributed by atoms with Crippen molar-refractivity contribution in [1.82, 2.24) is 4.90 Å². The van der Waals surface area contributed by atoms with Gasteiger partial charge in [-0.05, 0) is 24.3 Å². The molecule has 0 radical (unpaired) electrons. The molecule has 0 spiro atoms. The van der Waals surface area contributed by atoms with Gasteiger partial charge < -0.3 is 15.0 Å². The van der Waals surface area contributed by atoms with E-state index in [0.29, 0.717) is 23.9 Å². The molecule has 0 unspecified atom stereocenters. The fourth-order valence-electron chi connectivity index (χ4n) is 1.70. The zero-order valence-corrected chi connectivity index (χ0v) is 12.5. The van der Waals surface area contributed by atoms with Crippen molar-refractivity contribution in [3.63, 3.8) is 0 Å². The Morgan fingerprint density at radius 1 is 1.14 bits per heavy atom. The summed E-state index contributed by atoms with van der Waals surface area (Å²) in [6.07, 6.45) is 0. The highest BCUT2D eigenvalue weighted by atomic mass is 35.5. The summed E-state index contributed by atoms with van der Waals surface area (Å²) in [5.41, 5.74) is 0.765. The van der Waals surface area contributed by atoms with Gasteiger partial charge in [0.15, 0.2) is 0 Å². The van der Waals surface area contributed by atoms with Gasteiger partial charge in [0.1, 0.15) is 12.4 Å². The standard InChI is InChI=1S/C16H17ClN2O2/c1-19(16(20)18-13-7-3-2-4-8-13)11-12-21-15-10-6-5-9-14(15)17/h2-10H,11-12H2,1H3,(H,18,20). The van der Waals surface area contributed by atoms with Crippen LogP contribution < -0.4 is 10.1 Å². The number of halogens is 1. The summed E-state index contributed by atoms with van der Waals surface area (Å²) in [7, 11) is 1.72. The lowest BCUT2D eigenvalue weighted by Gasteiger charge is -2.18. The second-order valence-electron chi connectivity index (χ2n) is 4.50. The van der Waals surface area contributed by atoms with E-state index < -0.39 is 0 Å². The average Bonchev–Trinajstić information content (AvgIpc) is 2.50. The third-order valence-electron chi connectivity index (χ3n) is 2.89. The van der Waals surface area contributed by atoms with Crippen molar-refractivity contribution in [3.05, 3.63) is 59.6 Å². The zero-order valence-electron chi connectivity index (χ0n) is 11.8. The Bertz CT molecular complexity index is 590. The Kier molecular flexibility index (Phi) is 5.46. The topological polar surface area (TPSA) is 41.6 Å². The third kappa shape index (κ3) is 4.68. The lowest BCUT2D eigenvalue weighted by molar-refractivity contribution is 0.207. The van der Waals surface area contributed by atoms with E-state index >= 15 is 0 Å². The van der Waals surface area contributed by atoms with Crippen molar-refractivity contribution in [2.45, 2.75) is 0 Å². The molecule has 0 aromatic heterocycles. The van der Waals surface area contributed by atoms with E-state index in [1.165, 1.54) is 0 Å². The normalized spacial score (nSPS) is 10.0. The van der Waals surface area contributed by atoms with E-state index in [-0.39, 0.29) is 6.03 Å². The van der Waals surface area contributed by atoms with Crippen LogP contribution in [0.5, 0.6) is 5.75 Å². The first-order valence-electron chi connectivity index (χ1n) is 6.61. The molecular weight excluding hydrogens is 288 g/mol. The molecule has 0 fully saturated rings. The van der Waals surface area contributed by atoms with Crippen LogP contribution in [0.15, 0.2) is 54.6 Å². The Morgan fingerprint density at radius 3 is 2.52 bits per heavy atom. The number of urea groups is 1. The second kappa shape index (κ2) is 7.55. The van der Waals surface area contributed by atoms with Crippen LogP contribution in [0.25, 0.3) is 0 Å². The molecule has 0 saturated heterocycles. The van der Waals surface area contributed by atoms with Gasteiger partial charge in [-0.25, -0.2) is 4.79 Å². The zero-order chi connectivity index (χ0) is 15.1. The molecule has 5 heteroatoms. The monoisotopic (exact) mass is 304 g/mol. The smallest absolute Gasteiger partial charge is 0.321 e. The minimum atomic E-state index is -0.177. The highest BCUT2D eigenvalue weighted by Gasteiger charge is 2.09. The number of carbonyl (C=O) groups is 1. The number of anilines is 1. The summed E-state index contributed by atoms with van der Waals surface area (Å²) in [4.78, 5) is 13.5. The molecule has 0 saturated carbocycles. The van der Waals surface area contributed by atoms with Crippen LogP contribution in [0, 0.1) is 0 Å². The Labute approximate surface area is 129 Å². The number of carbonyl (C=O) groups excluding carboxylic acids is 1. The predicted molar refractivity (Wildman–Crippen MR) is 85.0 cm³/mol. The van der Waals surface area contributed by atoms with E-state index in [9.17, 15) is 4.79 Å². The predicted octanol–water partition coefficient (Wildman–Crippen LogP) is 3.88. The Hall–Kier alpha value is -2.20. The number of nitrogens with zero attached hydrogens (tertiary/aromatic N) is 1. The van der Waals surface area contributed by atoms with Gasteiger partial charge in [0.05, 0.1) is 11.6 Å². The number of ether oxygens (including phenoxy) is 1. The lowest BCUT2D eigenvalue weighted by Crippen LogP contribution is -2.34. The van der Waals surface area contributed by atoms with Gasteiger partial charge >= 0.3 is 6.03 Å². The lowest BCUT2D eigenvalue weighted by atomic mass is 10.3. The van der Waals surface area contributed by atoms with Gasteiger partial charge in [0, 0.05) is 12.7 Å². The van der Waals surface area contributed by atoms with Gasteiger partial charge in [0.2, 0.25) is 0 Å². The summed E-state index contributed by atoms with van der Waals surface area (Å²) >= 11 is 5.99. The quantitative estimate of drug-likeness (QED) is 0.910. The maximum absolute atomic E-state index is 12.0. The second-order valence-corrected chi connectivity index (χ2v) is 4.90. The van der Waals surface area contributed by atoms with Crippen molar-refractivity contribution in [2.75, 3.05) is 25.5 Å². The molecule has 21 heavy (non-hydrogen) atoms. The highest BCUT2D eigenvalue weighted by Crippen LogP contribution is 2.22. The molecule has 2 aromatic carbocycles. The highest BCUT2D eigenvalue weighted by molar-refractivity contribution is 6.32. The van der Waals surface area contributed by atoms with Crippen LogP contribution in [0.2, 0.25) is 5.02 Å². The maximum Gasteiger partial charge on any atom is 0.321 e. The van der Waals surface area contributed by atoms with Crippen LogP contribution in [0.1, 0.15) is 0 Å². The molecule has 0 aliphatic rings. The van der Waals surface area contributed by atoms with E-state index in [2.05, 4.69) is 5.32 Å². The number of benzene rings is 2. The molecule has 2 amide bonds. The van der Waals surface area contributed by atoms with Crippen molar-refractivity contribution in [3.8, 4) is 5.75 Å². The third-order valence-corrected chi connectivity index (χ3v) is 3.20. The maximum atomic E-state index is 12.0. The first-order valence-corrected chi connectivity index (χ1v) is 6.99. The summed E-state index contributed by atoms with van der Waals surface area (Å²) in [5, 5.41) is 3.37. The fourth-order valence-corrected chi connectivity index (χ4v) is 1.89. The van der Waals surface area contributed by atoms with E-state index in [4.69, 9.17) is 16.3 Å². The molecule has 4 nitrogen and oxygen atoms in total. The Morgan fingerprint density at radius 2 is 1.81 bits per heavy atom. The number of hydrogen-bond donors (Lipinski definition) is 1. The van der Waals surface area contributed by atoms with Crippen LogP contribution in [0.4, 0.5) is 10.5 Å². The van der Waals surface area contributed by atoms with E-state index in [1.54, 1.807) is 24.1 Å². The van der Waals surface area contributed by atoms with Gasteiger partial charge in [-0.2, -0.15) is 0 Å². The van der Waals surface area contributed by atoms with Crippen LogP contribution in [-0.2, 0) is 0 Å². The largest absolute Gasteiger partial charge is 0.490 e. The minimum Gasteiger partial charge on any atom is -0.490 e. The molecule has 0 atom stereocenters. The minimum absolute atomic E-state index is 0.177. The van der Waals surface area contributed by atoms with Crippen molar-refractivity contribution in [2.24, 2.45) is 0 Å². The molecule has 1 N–H and O–H groups in total. The Balaban J connectivity index is 1.78. The molecule has 0 bridgehead atoms. The van der Waals surface area contributed by atoms with Gasteiger partial charge in [-0.15, -0.1) is 0 Å². The molecule has 2 aromatic rings. The van der Waals surface area contributed by atoms with Crippen molar-refractivity contribution in [1.29, 1.82) is 0 Å². The average molecular weight is 305 g/mol. The molecule has 2 rings (SSSR count). The van der Waals surface area contributed by atoms with Crippen molar-refractivity contribution < 1.29 is 9.53 Å². The summed E-state index contributed by atoms with van der Waals surface area (Å²) < 4.78 is 5.55. The number of rotatable bonds is 5. The number of hydrogen-bond acceptors (Lipinski definition) is 2. The van der Waals surface area contributed by atoms with Crippen LogP contribution in [-0.4, -0.2) is 31.1 Å². The van der Waals surface area contributed by atoms with E-state index in [1.807, 2.05) is 42.5 Å². The first kappa shape index (κ1) is 15.2. The van der Waals surface area contributed by atoms with Gasteiger partial charge in [0.25, 0.3) is 0 Å². The summed E-state index contributed by atoms with van der Waals surface area (Å²) in [6.45, 7) is 0.840. The van der Waals surface area contributed by atoms with E-state index in [0.717, 1.165) is 5.69 Å². The number of likely N-dealkylation sites (N-methyl/N-ethyl adjacent to an activating group) is 1. The number of amides is 2. The van der Waals surface area contributed by atoms with Gasteiger partial charge in [-0.3, -0.25) is 0 Å². The fraction of sp³-hybridized carbons (Fsp3) is 0.188. The first-order chi connectivity index (χ1) is 10.2. The molecule has 0 aliphatic heterocycles. The molecule has 0 aliphatic carbocycles. The number of nitrogens with one attached hydrogen (secondary N) is 1. The summed E-state index contributed by atoms with van der Waals surface area (Å²) in [6, 6.07) is 16.4. The SMILES string of the molecule is CN(CCOc1ccccc1Cl)C(=O)Nc1ccccc1.